The molecule has 3 aromatic carbocycles. The van der Waals surface area contributed by atoms with Crippen molar-refractivity contribution in [1.82, 2.24) is 0 Å². The number of aryl methyl sites for hydroxylation is 1. The quantitative estimate of drug-likeness (QED) is 0.290. The van der Waals surface area contributed by atoms with Gasteiger partial charge in [0, 0.05) is 22.5 Å². The Balaban J connectivity index is 1.87. The van der Waals surface area contributed by atoms with Crippen LogP contribution in [0.25, 0.3) is 0 Å². The van der Waals surface area contributed by atoms with E-state index in [1.807, 2.05) is 0 Å². The van der Waals surface area contributed by atoms with E-state index in [0.717, 1.165) is 6.07 Å². The second-order valence-electron chi connectivity index (χ2n) is 6.96. The lowest BCUT2D eigenvalue weighted by Gasteiger charge is -2.23. The largest absolute Gasteiger partial charge is 0.398 e. The van der Waals surface area contributed by atoms with Crippen LogP contribution in [0, 0.1) is 6.92 Å². The van der Waals surface area contributed by atoms with Gasteiger partial charge < -0.3 is 16.8 Å². The molecule has 3 aromatic rings. The maximum absolute atomic E-state index is 13.2. The van der Waals surface area contributed by atoms with Gasteiger partial charge in [-0.15, -0.1) is 0 Å². The second kappa shape index (κ2) is 6.68. The fourth-order valence-electron chi connectivity index (χ4n) is 3.57. The Labute approximate surface area is 172 Å². The van der Waals surface area contributed by atoms with Gasteiger partial charge in [0.15, 0.2) is 11.6 Å². The van der Waals surface area contributed by atoms with Crippen molar-refractivity contribution < 1.29 is 22.6 Å². The SMILES string of the molecule is Cc1cc(Nc2ccc(S(=O)(=O)O)c(N)c2)c2c(c1N)C(=O)c1ccccc1C2=O. The zero-order chi connectivity index (χ0) is 21.8. The zero-order valence-electron chi connectivity index (χ0n) is 15.8. The molecule has 1 aliphatic rings. The first kappa shape index (κ1) is 19.6. The minimum Gasteiger partial charge on any atom is -0.398 e. The molecule has 152 valence electrons. The lowest BCUT2D eigenvalue weighted by Crippen LogP contribution is -2.24. The van der Waals surface area contributed by atoms with Gasteiger partial charge in [-0.25, -0.2) is 0 Å². The normalized spacial score (nSPS) is 13.0. The van der Waals surface area contributed by atoms with Crippen LogP contribution in [0.5, 0.6) is 0 Å². The van der Waals surface area contributed by atoms with Crippen molar-refractivity contribution in [2.24, 2.45) is 0 Å². The Morgan fingerprint density at radius 1 is 0.900 bits per heavy atom. The molecule has 0 radical (unpaired) electrons. The van der Waals surface area contributed by atoms with Gasteiger partial charge in [-0.1, -0.05) is 24.3 Å². The molecule has 6 N–H and O–H groups in total. The minimum absolute atomic E-state index is 0.128. The molecule has 30 heavy (non-hydrogen) atoms. The Kier molecular flexibility index (Phi) is 4.37. The van der Waals surface area contributed by atoms with Crippen LogP contribution in [0.3, 0.4) is 0 Å². The summed E-state index contributed by atoms with van der Waals surface area (Å²) in [5.41, 5.74) is 14.1. The van der Waals surface area contributed by atoms with Crippen LogP contribution >= 0.6 is 0 Å². The van der Waals surface area contributed by atoms with E-state index in [0.29, 0.717) is 22.5 Å². The summed E-state index contributed by atoms with van der Waals surface area (Å²) in [5.74, 6) is -0.692. The number of anilines is 4. The predicted molar refractivity (Wildman–Crippen MR) is 113 cm³/mol. The lowest BCUT2D eigenvalue weighted by atomic mass is 9.81. The highest BCUT2D eigenvalue weighted by Gasteiger charge is 2.34. The van der Waals surface area contributed by atoms with Gasteiger partial charge in [0.2, 0.25) is 0 Å². The van der Waals surface area contributed by atoms with E-state index in [1.54, 1.807) is 37.3 Å². The number of hydrogen-bond donors (Lipinski definition) is 4. The lowest BCUT2D eigenvalue weighted by molar-refractivity contribution is 0.0980. The molecule has 1 aliphatic carbocycles. The number of nitrogens with two attached hydrogens (primary N) is 2. The van der Waals surface area contributed by atoms with E-state index in [9.17, 15) is 22.6 Å². The molecule has 0 aromatic heterocycles. The van der Waals surface area contributed by atoms with Gasteiger partial charge in [-0.2, -0.15) is 8.42 Å². The molecule has 0 saturated carbocycles. The number of fused-ring (bicyclic) bond motifs is 2. The Hall–Kier alpha value is -3.69. The summed E-state index contributed by atoms with van der Waals surface area (Å²) in [6.45, 7) is 1.72. The topological polar surface area (TPSA) is 153 Å². The standard InChI is InChI=1S/C21H17N3O5S/c1-10-8-15(24-11-6-7-16(14(22)9-11)30(27,28)29)17-18(19(10)23)21(26)13-5-3-2-4-12(13)20(17)25/h2-9,24H,22-23H2,1H3,(H,27,28,29). The van der Waals surface area contributed by atoms with Crippen LogP contribution in [0.1, 0.15) is 37.4 Å². The summed E-state index contributed by atoms with van der Waals surface area (Å²) in [7, 11) is -4.47. The van der Waals surface area contributed by atoms with Gasteiger partial charge in [0.25, 0.3) is 10.1 Å². The minimum atomic E-state index is -4.47. The van der Waals surface area contributed by atoms with Crippen LogP contribution in [0.2, 0.25) is 0 Å². The number of hydrogen-bond acceptors (Lipinski definition) is 7. The average molecular weight is 423 g/mol. The molecule has 0 aliphatic heterocycles. The molecular weight excluding hydrogens is 406 g/mol. The highest BCUT2D eigenvalue weighted by molar-refractivity contribution is 7.86. The molecule has 0 bridgehead atoms. The van der Waals surface area contributed by atoms with Gasteiger partial charge in [-0.05, 0) is 36.8 Å². The Bertz CT molecular complexity index is 1360. The molecule has 0 atom stereocenters. The number of carbonyl (C=O) groups is 2. The first-order chi connectivity index (χ1) is 14.1. The monoisotopic (exact) mass is 423 g/mol. The number of benzene rings is 3. The van der Waals surface area contributed by atoms with Crippen LogP contribution < -0.4 is 16.8 Å². The number of nitrogens with one attached hydrogen (secondary N) is 1. The maximum atomic E-state index is 13.2. The van der Waals surface area contributed by atoms with E-state index in [2.05, 4.69) is 5.32 Å². The van der Waals surface area contributed by atoms with Gasteiger partial charge >= 0.3 is 0 Å². The molecule has 0 unspecified atom stereocenters. The van der Waals surface area contributed by atoms with Crippen molar-refractivity contribution in [2.45, 2.75) is 11.8 Å². The Morgan fingerprint density at radius 3 is 2.07 bits per heavy atom. The molecule has 8 nitrogen and oxygen atoms in total. The summed E-state index contributed by atoms with van der Waals surface area (Å²) < 4.78 is 31.9. The van der Waals surface area contributed by atoms with Crippen LogP contribution in [0.15, 0.2) is 53.4 Å². The van der Waals surface area contributed by atoms with Gasteiger partial charge in [0.05, 0.1) is 22.5 Å². The fraction of sp³-hybridized carbons (Fsp3) is 0.0476. The molecule has 4 rings (SSSR count). The van der Waals surface area contributed by atoms with E-state index in [4.69, 9.17) is 11.5 Å². The summed E-state index contributed by atoms with van der Waals surface area (Å²) in [6.07, 6.45) is 0. The van der Waals surface area contributed by atoms with E-state index < -0.39 is 15.0 Å². The molecule has 9 heteroatoms. The van der Waals surface area contributed by atoms with Gasteiger partial charge in [-0.3, -0.25) is 14.1 Å². The molecule has 0 spiro atoms. The highest BCUT2D eigenvalue weighted by Crippen LogP contribution is 2.38. The molecule has 0 fully saturated rings. The van der Waals surface area contributed by atoms with Crippen LogP contribution in [-0.4, -0.2) is 24.5 Å². The summed E-state index contributed by atoms with van der Waals surface area (Å²) >= 11 is 0. The number of ketones is 2. The van der Waals surface area contributed by atoms with E-state index in [-0.39, 0.29) is 39.6 Å². The molecule has 0 heterocycles. The highest BCUT2D eigenvalue weighted by atomic mass is 32.2. The van der Waals surface area contributed by atoms with Crippen LogP contribution in [-0.2, 0) is 10.1 Å². The van der Waals surface area contributed by atoms with Gasteiger partial charge in [0.1, 0.15) is 4.90 Å². The predicted octanol–water partition coefficient (Wildman–Crippen LogP) is 2.93. The fourth-order valence-corrected chi connectivity index (χ4v) is 4.17. The Morgan fingerprint density at radius 2 is 1.50 bits per heavy atom. The van der Waals surface area contributed by atoms with Crippen molar-refractivity contribution in [3.05, 3.63) is 76.3 Å². The molecule has 0 amide bonds. The first-order valence-corrected chi connectivity index (χ1v) is 10.3. The first-order valence-electron chi connectivity index (χ1n) is 8.85. The third-order valence-electron chi connectivity index (χ3n) is 5.01. The van der Waals surface area contributed by atoms with Crippen molar-refractivity contribution in [2.75, 3.05) is 16.8 Å². The maximum Gasteiger partial charge on any atom is 0.296 e. The number of rotatable bonds is 3. The summed E-state index contributed by atoms with van der Waals surface area (Å²) in [5, 5.41) is 3.02. The third-order valence-corrected chi connectivity index (χ3v) is 5.94. The van der Waals surface area contributed by atoms with E-state index >= 15 is 0 Å². The van der Waals surface area contributed by atoms with Crippen molar-refractivity contribution in [3.63, 3.8) is 0 Å². The number of nitrogen functional groups attached to an aromatic ring is 2. The summed E-state index contributed by atoms with van der Waals surface area (Å²) in [4.78, 5) is 25.8. The summed E-state index contributed by atoms with van der Waals surface area (Å²) in [6, 6.07) is 12.0. The smallest absolute Gasteiger partial charge is 0.296 e. The zero-order valence-corrected chi connectivity index (χ0v) is 16.6. The molecule has 0 saturated heterocycles. The number of carbonyl (C=O) groups excluding carboxylic acids is 2. The van der Waals surface area contributed by atoms with Crippen molar-refractivity contribution >= 4 is 44.4 Å². The van der Waals surface area contributed by atoms with E-state index in [1.165, 1.54) is 12.1 Å². The van der Waals surface area contributed by atoms with Crippen molar-refractivity contribution in [3.8, 4) is 0 Å². The van der Waals surface area contributed by atoms with Crippen molar-refractivity contribution in [1.29, 1.82) is 0 Å². The van der Waals surface area contributed by atoms with Crippen LogP contribution in [0.4, 0.5) is 22.7 Å². The third kappa shape index (κ3) is 3.00. The second-order valence-corrected chi connectivity index (χ2v) is 8.35. The molecular formula is C21H17N3O5S. The average Bonchev–Trinajstić information content (AvgIpc) is 2.68.